The minimum atomic E-state index is -0.220. The number of terminal acetylenes is 1. The van der Waals surface area contributed by atoms with E-state index >= 15 is 0 Å². The molecular weight excluding hydrogens is 422 g/mol. The van der Waals surface area contributed by atoms with Crippen molar-refractivity contribution in [2.45, 2.75) is 26.2 Å². The van der Waals surface area contributed by atoms with Crippen LogP contribution >= 0.6 is 0 Å². The lowest BCUT2D eigenvalue weighted by molar-refractivity contribution is -0.116. The minimum absolute atomic E-state index is 0.114. The van der Waals surface area contributed by atoms with Gasteiger partial charge in [0.05, 0.1) is 12.8 Å². The maximum atomic E-state index is 12.7. The number of amides is 1. The molecule has 0 saturated heterocycles. The number of aryl methyl sites for hydroxylation is 2. The first-order chi connectivity index (χ1) is 16.0. The molecule has 1 aliphatic rings. The Kier molecular flexibility index (Phi) is 4.94. The summed E-state index contributed by atoms with van der Waals surface area (Å²) < 4.78 is 14.3. The summed E-state index contributed by atoms with van der Waals surface area (Å²) in [6.07, 6.45) is 5.63. The number of carbonyl (C=O) groups excluding carboxylic acids is 1. The fraction of sp³-hybridized carbons (Fsp3) is 0.261. The smallest absolute Gasteiger partial charge is 0.226 e. The highest BCUT2D eigenvalue weighted by Crippen LogP contribution is 2.42. The van der Waals surface area contributed by atoms with Crippen LogP contribution in [0.3, 0.4) is 0 Å². The molecular formula is C23H21N7O3. The summed E-state index contributed by atoms with van der Waals surface area (Å²) >= 11 is 0. The summed E-state index contributed by atoms with van der Waals surface area (Å²) in [5.41, 5.74) is 3.25. The van der Waals surface area contributed by atoms with E-state index in [1.54, 1.807) is 22.4 Å². The van der Waals surface area contributed by atoms with Crippen molar-refractivity contribution in [1.82, 2.24) is 29.6 Å². The van der Waals surface area contributed by atoms with Crippen molar-refractivity contribution in [2.75, 3.05) is 19.0 Å². The van der Waals surface area contributed by atoms with Crippen LogP contribution < -0.4 is 14.8 Å². The van der Waals surface area contributed by atoms with Crippen LogP contribution in [-0.4, -0.2) is 49.2 Å². The molecule has 0 spiro atoms. The maximum Gasteiger partial charge on any atom is 0.226 e. The van der Waals surface area contributed by atoms with E-state index in [0.717, 1.165) is 16.8 Å². The fourth-order valence-corrected chi connectivity index (χ4v) is 4.14. The minimum Gasteiger partial charge on any atom is -0.493 e. The van der Waals surface area contributed by atoms with E-state index in [-0.39, 0.29) is 24.9 Å². The molecule has 5 rings (SSSR count). The van der Waals surface area contributed by atoms with Crippen molar-refractivity contribution in [1.29, 1.82) is 0 Å². The first-order valence-corrected chi connectivity index (χ1v) is 10.3. The van der Waals surface area contributed by atoms with Gasteiger partial charge in [0, 0.05) is 17.9 Å². The van der Waals surface area contributed by atoms with Gasteiger partial charge in [-0.25, -0.2) is 0 Å². The Morgan fingerprint density at radius 2 is 2.03 bits per heavy atom. The fourth-order valence-electron chi connectivity index (χ4n) is 4.14. The first kappa shape index (κ1) is 20.5. The number of nitrogens with one attached hydrogen (secondary N) is 1. The van der Waals surface area contributed by atoms with Gasteiger partial charge in [-0.05, 0) is 43.7 Å². The Morgan fingerprint density at radius 3 is 2.82 bits per heavy atom. The summed E-state index contributed by atoms with van der Waals surface area (Å²) in [6.45, 7) is 3.85. The molecule has 10 heteroatoms. The van der Waals surface area contributed by atoms with Crippen molar-refractivity contribution < 1.29 is 14.3 Å². The third-order valence-electron chi connectivity index (χ3n) is 5.63. The molecule has 1 N–H and O–H groups in total. The van der Waals surface area contributed by atoms with Crippen molar-refractivity contribution in [3.05, 3.63) is 53.0 Å². The number of fused-ring (bicyclic) bond motifs is 2. The molecule has 166 valence electrons. The van der Waals surface area contributed by atoms with E-state index in [1.807, 2.05) is 38.1 Å². The van der Waals surface area contributed by atoms with Crippen LogP contribution in [0.15, 0.2) is 30.3 Å². The van der Waals surface area contributed by atoms with Gasteiger partial charge in [-0.15, -0.1) is 21.7 Å². The average molecular weight is 443 g/mol. The molecule has 33 heavy (non-hydrogen) atoms. The summed E-state index contributed by atoms with van der Waals surface area (Å²) in [5, 5.41) is 20.4. The van der Waals surface area contributed by atoms with Gasteiger partial charge in [0.15, 0.2) is 28.8 Å². The van der Waals surface area contributed by atoms with Crippen LogP contribution in [0.5, 0.6) is 11.5 Å². The van der Waals surface area contributed by atoms with E-state index < -0.39 is 0 Å². The molecule has 3 aromatic heterocycles. The quantitative estimate of drug-likeness (QED) is 0.472. The molecule has 1 aliphatic heterocycles. The van der Waals surface area contributed by atoms with Gasteiger partial charge in [0.2, 0.25) is 5.91 Å². The molecule has 1 amide bonds. The standard InChI is InChI=1S/C23H21N7O3/c1-5-10-33-18-11-15(6-7-17(18)32-4)16-12-21(31)24-23-22(16)13(2)27-30(23)20-9-8-19-26-25-14(3)29(19)28-20/h1,6-9,11,16H,10,12H2,2-4H3,(H,24,31)/t16-/m0/s1. The Bertz CT molecular complexity index is 1430. The molecule has 4 heterocycles. The normalized spacial score (nSPS) is 15.1. The summed E-state index contributed by atoms with van der Waals surface area (Å²) in [4.78, 5) is 12.7. The molecule has 10 nitrogen and oxygen atoms in total. The number of carbonyl (C=O) groups is 1. The highest BCUT2D eigenvalue weighted by atomic mass is 16.5. The number of hydrogen-bond acceptors (Lipinski definition) is 7. The average Bonchev–Trinajstić information content (AvgIpc) is 3.36. The number of methoxy groups -OCH3 is 1. The third kappa shape index (κ3) is 3.43. The Balaban J connectivity index is 1.62. The molecule has 0 bridgehead atoms. The number of ether oxygens (including phenoxy) is 2. The highest BCUT2D eigenvalue weighted by Gasteiger charge is 2.33. The van der Waals surface area contributed by atoms with E-state index in [9.17, 15) is 4.79 Å². The first-order valence-electron chi connectivity index (χ1n) is 10.3. The van der Waals surface area contributed by atoms with Crippen LogP contribution in [0.2, 0.25) is 0 Å². The summed E-state index contributed by atoms with van der Waals surface area (Å²) in [6, 6.07) is 9.22. The predicted molar refractivity (Wildman–Crippen MR) is 120 cm³/mol. The molecule has 0 fully saturated rings. The zero-order valence-corrected chi connectivity index (χ0v) is 18.4. The van der Waals surface area contributed by atoms with Crippen LogP contribution in [0, 0.1) is 26.2 Å². The topological polar surface area (TPSA) is 108 Å². The van der Waals surface area contributed by atoms with Gasteiger partial charge in [0.25, 0.3) is 0 Å². The largest absolute Gasteiger partial charge is 0.493 e. The van der Waals surface area contributed by atoms with Crippen molar-refractivity contribution in [2.24, 2.45) is 0 Å². The third-order valence-corrected chi connectivity index (χ3v) is 5.63. The summed E-state index contributed by atoms with van der Waals surface area (Å²) in [7, 11) is 1.57. The molecule has 0 unspecified atom stereocenters. The number of nitrogens with zero attached hydrogens (tertiary/aromatic N) is 6. The second-order valence-corrected chi connectivity index (χ2v) is 7.68. The molecule has 4 aromatic rings. The van der Waals surface area contributed by atoms with E-state index in [2.05, 4.69) is 26.5 Å². The monoisotopic (exact) mass is 443 g/mol. The maximum absolute atomic E-state index is 12.7. The lowest BCUT2D eigenvalue weighted by Crippen LogP contribution is -2.25. The van der Waals surface area contributed by atoms with Gasteiger partial charge in [0.1, 0.15) is 12.4 Å². The van der Waals surface area contributed by atoms with Gasteiger partial charge < -0.3 is 14.8 Å². The van der Waals surface area contributed by atoms with Crippen molar-refractivity contribution in [3.8, 4) is 29.7 Å². The Labute approximate surface area is 189 Å². The van der Waals surface area contributed by atoms with Crippen molar-refractivity contribution in [3.63, 3.8) is 0 Å². The number of benzene rings is 1. The van der Waals surface area contributed by atoms with Gasteiger partial charge in [-0.1, -0.05) is 12.0 Å². The van der Waals surface area contributed by atoms with Crippen LogP contribution in [0.4, 0.5) is 5.82 Å². The number of rotatable bonds is 5. The summed E-state index contributed by atoms with van der Waals surface area (Å²) in [5.74, 6) is 5.02. The lowest BCUT2D eigenvalue weighted by Gasteiger charge is -2.25. The second-order valence-electron chi connectivity index (χ2n) is 7.68. The molecule has 0 radical (unpaired) electrons. The lowest BCUT2D eigenvalue weighted by atomic mass is 9.85. The second kappa shape index (κ2) is 7.94. The van der Waals surface area contributed by atoms with Crippen LogP contribution in [0.25, 0.3) is 11.5 Å². The molecule has 0 aliphatic carbocycles. The van der Waals surface area contributed by atoms with E-state index in [4.69, 9.17) is 21.0 Å². The van der Waals surface area contributed by atoms with Crippen LogP contribution in [0.1, 0.15) is 35.0 Å². The number of aromatic nitrogens is 6. The molecule has 1 aromatic carbocycles. The van der Waals surface area contributed by atoms with Gasteiger partial charge in [-0.3, -0.25) is 4.79 Å². The zero-order chi connectivity index (χ0) is 23.1. The van der Waals surface area contributed by atoms with Gasteiger partial charge in [-0.2, -0.15) is 14.3 Å². The van der Waals surface area contributed by atoms with Crippen molar-refractivity contribution >= 4 is 17.4 Å². The van der Waals surface area contributed by atoms with E-state index in [1.165, 1.54) is 0 Å². The Morgan fingerprint density at radius 1 is 1.18 bits per heavy atom. The molecule has 1 atom stereocenters. The highest BCUT2D eigenvalue weighted by molar-refractivity contribution is 5.95. The van der Waals surface area contributed by atoms with Crippen LogP contribution in [-0.2, 0) is 4.79 Å². The number of hydrogen-bond donors (Lipinski definition) is 1. The molecule has 0 saturated carbocycles. The Hall–Kier alpha value is -4.39. The zero-order valence-electron chi connectivity index (χ0n) is 18.4. The predicted octanol–water partition coefficient (Wildman–Crippen LogP) is 2.42. The SMILES string of the molecule is C#CCOc1cc([C@@H]2CC(=O)Nc3c2c(C)nn3-c2ccc3nnc(C)n3n2)ccc1OC. The van der Waals surface area contributed by atoms with E-state index in [0.29, 0.717) is 34.6 Å². The van der Waals surface area contributed by atoms with Gasteiger partial charge >= 0.3 is 0 Å². The number of anilines is 1.